The Balaban J connectivity index is 1.63. The van der Waals surface area contributed by atoms with E-state index in [1.807, 2.05) is 36.4 Å². The number of para-hydroxylation sites is 2. The number of rotatable bonds is 3. The van der Waals surface area contributed by atoms with Crippen molar-refractivity contribution < 1.29 is 14.1 Å². The summed E-state index contributed by atoms with van der Waals surface area (Å²) in [7, 11) is 0. The van der Waals surface area contributed by atoms with E-state index in [2.05, 4.69) is 10.1 Å². The number of fused-ring (bicyclic) bond motifs is 1. The van der Waals surface area contributed by atoms with Gasteiger partial charge in [-0.25, -0.2) is 0 Å². The van der Waals surface area contributed by atoms with Crippen LogP contribution in [0.5, 0.6) is 5.75 Å². The summed E-state index contributed by atoms with van der Waals surface area (Å²) in [5.74, 6) is 1.28. The van der Waals surface area contributed by atoms with Crippen molar-refractivity contribution in [3.63, 3.8) is 0 Å². The summed E-state index contributed by atoms with van der Waals surface area (Å²) in [4.78, 5) is 18.5. The minimum absolute atomic E-state index is 0.152. The van der Waals surface area contributed by atoms with Crippen molar-refractivity contribution in [3.05, 3.63) is 59.4 Å². The van der Waals surface area contributed by atoms with Crippen molar-refractivity contribution in [1.82, 2.24) is 10.1 Å². The minimum Gasteiger partial charge on any atom is -0.479 e. The summed E-state index contributed by atoms with van der Waals surface area (Å²) >= 11 is 6.00. The van der Waals surface area contributed by atoms with Gasteiger partial charge in [-0.05, 0) is 31.2 Å². The lowest BCUT2D eigenvalue weighted by molar-refractivity contribution is -0.125. The van der Waals surface area contributed by atoms with E-state index >= 15 is 0 Å². The summed E-state index contributed by atoms with van der Waals surface area (Å²) in [5, 5.41) is 4.57. The second-order valence-electron chi connectivity index (χ2n) is 5.67. The van der Waals surface area contributed by atoms with Crippen LogP contribution in [-0.2, 0) is 11.3 Å². The van der Waals surface area contributed by atoms with Crippen LogP contribution in [0.4, 0.5) is 5.69 Å². The molecule has 3 aromatic rings. The van der Waals surface area contributed by atoms with Crippen molar-refractivity contribution in [2.45, 2.75) is 19.6 Å². The molecule has 0 bridgehead atoms. The maximum absolute atomic E-state index is 12.5. The third-order valence-corrected chi connectivity index (χ3v) is 4.15. The molecule has 0 radical (unpaired) electrons. The number of ether oxygens (including phenoxy) is 1. The molecular formula is C18H14ClN3O3. The molecular weight excluding hydrogens is 342 g/mol. The van der Waals surface area contributed by atoms with Gasteiger partial charge in [0.05, 0.1) is 5.69 Å². The largest absolute Gasteiger partial charge is 0.479 e. The Bertz CT molecular complexity index is 941. The van der Waals surface area contributed by atoms with Crippen molar-refractivity contribution in [1.29, 1.82) is 0 Å². The number of hydrogen-bond acceptors (Lipinski definition) is 5. The Morgan fingerprint density at radius 3 is 2.88 bits per heavy atom. The fraction of sp³-hybridized carbons (Fsp3) is 0.167. The number of carbonyl (C=O) groups is 1. The first kappa shape index (κ1) is 15.7. The molecule has 0 saturated heterocycles. The van der Waals surface area contributed by atoms with E-state index in [-0.39, 0.29) is 12.5 Å². The molecule has 0 N–H and O–H groups in total. The van der Waals surface area contributed by atoms with Gasteiger partial charge in [0.2, 0.25) is 11.7 Å². The predicted molar refractivity (Wildman–Crippen MR) is 92.5 cm³/mol. The molecule has 4 rings (SSSR count). The van der Waals surface area contributed by atoms with E-state index in [0.717, 1.165) is 5.56 Å². The second kappa shape index (κ2) is 6.22. The van der Waals surface area contributed by atoms with Crippen LogP contribution in [0.15, 0.2) is 53.1 Å². The van der Waals surface area contributed by atoms with E-state index < -0.39 is 6.10 Å². The van der Waals surface area contributed by atoms with Gasteiger partial charge in [-0.1, -0.05) is 41.0 Å². The number of carbonyl (C=O) groups excluding carboxylic acids is 1. The van der Waals surface area contributed by atoms with Gasteiger partial charge in [0.25, 0.3) is 5.91 Å². The number of amides is 1. The molecule has 1 atom stereocenters. The first-order valence-corrected chi connectivity index (χ1v) is 8.15. The number of halogens is 1. The van der Waals surface area contributed by atoms with Crippen LogP contribution < -0.4 is 9.64 Å². The highest BCUT2D eigenvalue weighted by Crippen LogP contribution is 2.34. The zero-order valence-electron chi connectivity index (χ0n) is 13.3. The average Bonchev–Trinajstić information content (AvgIpc) is 3.08. The third kappa shape index (κ3) is 2.96. The Kier molecular flexibility index (Phi) is 3.89. The van der Waals surface area contributed by atoms with Crippen LogP contribution in [0.3, 0.4) is 0 Å². The summed E-state index contributed by atoms with van der Waals surface area (Å²) in [6, 6.07) is 14.6. The van der Waals surface area contributed by atoms with Gasteiger partial charge in [0.15, 0.2) is 6.10 Å². The van der Waals surface area contributed by atoms with Crippen LogP contribution in [-0.4, -0.2) is 22.2 Å². The van der Waals surface area contributed by atoms with Crippen molar-refractivity contribution in [3.8, 4) is 17.1 Å². The van der Waals surface area contributed by atoms with E-state index in [1.165, 1.54) is 0 Å². The zero-order chi connectivity index (χ0) is 17.4. The molecule has 1 aromatic heterocycles. The van der Waals surface area contributed by atoms with Crippen molar-refractivity contribution in [2.75, 3.05) is 4.90 Å². The Morgan fingerprint density at radius 1 is 1.20 bits per heavy atom. The molecule has 2 aromatic carbocycles. The highest BCUT2D eigenvalue weighted by molar-refractivity contribution is 6.30. The molecule has 0 spiro atoms. The average molecular weight is 356 g/mol. The van der Waals surface area contributed by atoms with Gasteiger partial charge in [-0.2, -0.15) is 4.98 Å². The maximum atomic E-state index is 12.5. The quantitative estimate of drug-likeness (QED) is 0.716. The van der Waals surface area contributed by atoms with E-state index in [4.69, 9.17) is 20.9 Å². The lowest BCUT2D eigenvalue weighted by Crippen LogP contribution is -2.44. The molecule has 1 aliphatic rings. The van der Waals surface area contributed by atoms with Gasteiger partial charge >= 0.3 is 0 Å². The number of nitrogens with zero attached hydrogens (tertiary/aromatic N) is 3. The van der Waals surface area contributed by atoms with Crippen LogP contribution in [0.2, 0.25) is 5.02 Å². The molecule has 0 saturated carbocycles. The van der Waals surface area contributed by atoms with Gasteiger partial charge in [-0.3, -0.25) is 9.69 Å². The second-order valence-corrected chi connectivity index (χ2v) is 6.11. The molecule has 6 nitrogen and oxygen atoms in total. The molecule has 0 unspecified atom stereocenters. The maximum Gasteiger partial charge on any atom is 0.268 e. The summed E-state index contributed by atoms with van der Waals surface area (Å²) in [6.07, 6.45) is -0.565. The third-order valence-electron chi connectivity index (χ3n) is 3.92. The van der Waals surface area contributed by atoms with Crippen LogP contribution in [0.1, 0.15) is 12.8 Å². The van der Waals surface area contributed by atoms with Crippen LogP contribution >= 0.6 is 11.6 Å². The molecule has 0 fully saturated rings. The standard InChI is InChI=1S/C18H14ClN3O3/c1-11-18(23)22(14-7-2-3-8-15(14)24-11)10-16-20-17(21-25-16)12-5-4-6-13(19)9-12/h2-9,11H,10H2,1H3/t11-/m0/s1. The molecule has 1 amide bonds. The normalized spacial score (nSPS) is 16.5. The molecule has 2 heterocycles. The molecule has 1 aliphatic heterocycles. The Hall–Kier alpha value is -2.86. The minimum atomic E-state index is -0.565. The highest BCUT2D eigenvalue weighted by atomic mass is 35.5. The molecule has 126 valence electrons. The number of hydrogen-bond donors (Lipinski definition) is 0. The summed E-state index contributed by atoms with van der Waals surface area (Å²) in [6.45, 7) is 1.90. The van der Waals surface area contributed by atoms with Gasteiger partial charge in [0, 0.05) is 10.6 Å². The monoisotopic (exact) mass is 355 g/mol. The zero-order valence-corrected chi connectivity index (χ0v) is 14.1. The summed E-state index contributed by atoms with van der Waals surface area (Å²) in [5.41, 5.74) is 1.44. The van der Waals surface area contributed by atoms with Crippen molar-refractivity contribution in [2.24, 2.45) is 0 Å². The topological polar surface area (TPSA) is 68.5 Å². The first-order valence-electron chi connectivity index (χ1n) is 7.77. The lowest BCUT2D eigenvalue weighted by Gasteiger charge is -2.31. The smallest absolute Gasteiger partial charge is 0.268 e. The highest BCUT2D eigenvalue weighted by Gasteiger charge is 2.32. The lowest BCUT2D eigenvalue weighted by atomic mass is 10.2. The summed E-state index contributed by atoms with van der Waals surface area (Å²) < 4.78 is 10.9. The number of anilines is 1. The SMILES string of the molecule is C[C@@H]1Oc2ccccc2N(Cc2nc(-c3cccc(Cl)c3)no2)C1=O. The fourth-order valence-electron chi connectivity index (χ4n) is 2.72. The van der Waals surface area contributed by atoms with Gasteiger partial charge in [-0.15, -0.1) is 0 Å². The molecule has 25 heavy (non-hydrogen) atoms. The number of benzene rings is 2. The fourth-order valence-corrected chi connectivity index (χ4v) is 2.91. The van der Waals surface area contributed by atoms with Gasteiger partial charge in [0.1, 0.15) is 12.3 Å². The van der Waals surface area contributed by atoms with Crippen molar-refractivity contribution >= 4 is 23.2 Å². The Labute approximate surface area is 149 Å². The Morgan fingerprint density at radius 2 is 2.04 bits per heavy atom. The van der Waals surface area contributed by atoms with Gasteiger partial charge < -0.3 is 9.26 Å². The van der Waals surface area contributed by atoms with E-state index in [0.29, 0.717) is 28.2 Å². The van der Waals surface area contributed by atoms with E-state index in [1.54, 1.807) is 24.0 Å². The first-order chi connectivity index (χ1) is 12.1. The predicted octanol–water partition coefficient (Wildman–Crippen LogP) is 3.70. The van der Waals surface area contributed by atoms with Crippen LogP contribution in [0.25, 0.3) is 11.4 Å². The number of aromatic nitrogens is 2. The molecule has 7 heteroatoms. The van der Waals surface area contributed by atoms with Crippen LogP contribution in [0, 0.1) is 0 Å². The van der Waals surface area contributed by atoms with E-state index in [9.17, 15) is 4.79 Å². The molecule has 0 aliphatic carbocycles.